The van der Waals surface area contributed by atoms with Crippen LogP contribution in [0.3, 0.4) is 0 Å². The van der Waals surface area contributed by atoms with Crippen molar-refractivity contribution in [1.82, 2.24) is 15.3 Å². The number of nitrogens with zero attached hydrogens (tertiary/aromatic N) is 3. The molecule has 1 fully saturated rings. The third-order valence-electron chi connectivity index (χ3n) is 4.15. The van der Waals surface area contributed by atoms with E-state index in [-0.39, 0.29) is 12.5 Å². The Bertz CT molecular complexity index is 725. The average molecular weight is 340 g/mol. The standard InChI is InChI=1S/C19H24N4O2/c1-14-5-7-16(8-6-14)25-13-19(24)20-12-17-21-15(2)11-18(22-17)23-9-3-4-10-23/h5-8,11H,3-4,9-10,12-13H2,1-2H3,(H,20,24). The van der Waals surface area contributed by atoms with Gasteiger partial charge in [0, 0.05) is 24.8 Å². The maximum Gasteiger partial charge on any atom is 0.258 e. The zero-order valence-corrected chi connectivity index (χ0v) is 14.8. The maximum absolute atomic E-state index is 12.0. The van der Waals surface area contributed by atoms with Crippen molar-refractivity contribution in [2.75, 3.05) is 24.6 Å². The van der Waals surface area contributed by atoms with Crippen LogP contribution in [0.1, 0.15) is 29.9 Å². The van der Waals surface area contributed by atoms with E-state index < -0.39 is 0 Å². The van der Waals surface area contributed by atoms with E-state index in [1.54, 1.807) is 0 Å². The number of hydrogen-bond donors (Lipinski definition) is 1. The van der Waals surface area contributed by atoms with Crippen LogP contribution in [0.15, 0.2) is 30.3 Å². The molecule has 2 aromatic rings. The Morgan fingerprint density at radius 3 is 2.60 bits per heavy atom. The lowest BCUT2D eigenvalue weighted by molar-refractivity contribution is -0.123. The van der Waals surface area contributed by atoms with Crippen molar-refractivity contribution < 1.29 is 9.53 Å². The molecule has 0 spiro atoms. The van der Waals surface area contributed by atoms with E-state index in [4.69, 9.17) is 4.74 Å². The lowest BCUT2D eigenvalue weighted by Gasteiger charge is -2.17. The lowest BCUT2D eigenvalue weighted by Crippen LogP contribution is -2.29. The van der Waals surface area contributed by atoms with Crippen molar-refractivity contribution in [2.45, 2.75) is 33.2 Å². The summed E-state index contributed by atoms with van der Waals surface area (Å²) in [5.74, 6) is 2.08. The molecular formula is C19H24N4O2. The number of aromatic nitrogens is 2. The molecule has 6 heteroatoms. The highest BCUT2D eigenvalue weighted by atomic mass is 16.5. The van der Waals surface area contributed by atoms with E-state index in [1.807, 2.05) is 44.2 Å². The highest BCUT2D eigenvalue weighted by Gasteiger charge is 2.15. The van der Waals surface area contributed by atoms with Gasteiger partial charge in [-0.05, 0) is 38.8 Å². The number of ether oxygens (including phenoxy) is 1. The summed E-state index contributed by atoms with van der Waals surface area (Å²) in [4.78, 5) is 23.2. The molecule has 0 bridgehead atoms. The fourth-order valence-corrected chi connectivity index (χ4v) is 2.81. The number of anilines is 1. The minimum absolute atomic E-state index is 0.0200. The Morgan fingerprint density at radius 2 is 1.88 bits per heavy atom. The molecule has 25 heavy (non-hydrogen) atoms. The summed E-state index contributed by atoms with van der Waals surface area (Å²) >= 11 is 0. The highest BCUT2D eigenvalue weighted by molar-refractivity contribution is 5.77. The first-order chi connectivity index (χ1) is 12.1. The monoisotopic (exact) mass is 340 g/mol. The van der Waals surface area contributed by atoms with Crippen LogP contribution in [0.4, 0.5) is 5.82 Å². The SMILES string of the molecule is Cc1ccc(OCC(=O)NCc2nc(C)cc(N3CCCC3)n2)cc1. The average Bonchev–Trinajstić information content (AvgIpc) is 3.14. The van der Waals surface area contributed by atoms with Gasteiger partial charge >= 0.3 is 0 Å². The topological polar surface area (TPSA) is 67.3 Å². The van der Waals surface area contributed by atoms with Gasteiger partial charge in [0.05, 0.1) is 6.54 Å². The Labute approximate surface area is 148 Å². The van der Waals surface area contributed by atoms with Crippen LogP contribution in [0.5, 0.6) is 5.75 Å². The normalized spacial score (nSPS) is 13.8. The van der Waals surface area contributed by atoms with Gasteiger partial charge in [0.1, 0.15) is 17.4 Å². The molecule has 1 aromatic carbocycles. The van der Waals surface area contributed by atoms with Gasteiger partial charge in [0.25, 0.3) is 5.91 Å². The van der Waals surface area contributed by atoms with Gasteiger partial charge in [-0.15, -0.1) is 0 Å². The smallest absolute Gasteiger partial charge is 0.258 e. The second kappa shape index (κ2) is 7.96. The Morgan fingerprint density at radius 1 is 1.16 bits per heavy atom. The molecule has 0 atom stereocenters. The summed E-state index contributed by atoms with van der Waals surface area (Å²) in [5, 5.41) is 2.82. The molecule has 0 unspecified atom stereocenters. The fourth-order valence-electron chi connectivity index (χ4n) is 2.81. The number of nitrogens with one attached hydrogen (secondary N) is 1. The van der Waals surface area contributed by atoms with Crippen LogP contribution in [-0.2, 0) is 11.3 Å². The number of carbonyl (C=O) groups excluding carboxylic acids is 1. The zero-order valence-electron chi connectivity index (χ0n) is 14.8. The Kier molecular flexibility index (Phi) is 5.48. The molecule has 3 rings (SSSR count). The summed E-state index contributed by atoms with van der Waals surface area (Å²) in [7, 11) is 0. The van der Waals surface area contributed by atoms with Crippen molar-refractivity contribution in [3.63, 3.8) is 0 Å². The molecule has 132 valence electrons. The number of hydrogen-bond acceptors (Lipinski definition) is 5. The second-order valence-electron chi connectivity index (χ2n) is 6.36. The van der Waals surface area contributed by atoms with E-state index in [0.29, 0.717) is 18.1 Å². The third kappa shape index (κ3) is 4.92. The number of carbonyl (C=O) groups is 1. The quantitative estimate of drug-likeness (QED) is 0.874. The molecule has 1 N–H and O–H groups in total. The Balaban J connectivity index is 1.52. The second-order valence-corrected chi connectivity index (χ2v) is 6.36. The summed E-state index contributed by atoms with van der Waals surface area (Å²) in [6.07, 6.45) is 2.40. The van der Waals surface area contributed by atoms with Crippen molar-refractivity contribution in [2.24, 2.45) is 0 Å². The largest absolute Gasteiger partial charge is 0.484 e. The predicted molar refractivity (Wildman–Crippen MR) is 96.7 cm³/mol. The van der Waals surface area contributed by atoms with Crippen molar-refractivity contribution in [3.05, 3.63) is 47.4 Å². The number of rotatable bonds is 6. The molecule has 1 saturated heterocycles. The fraction of sp³-hybridized carbons (Fsp3) is 0.421. The molecule has 1 aliphatic rings. The minimum Gasteiger partial charge on any atom is -0.484 e. The van der Waals surface area contributed by atoms with E-state index in [1.165, 1.54) is 12.8 Å². The first kappa shape index (κ1) is 17.2. The zero-order chi connectivity index (χ0) is 17.6. The van der Waals surface area contributed by atoms with Crippen LogP contribution in [0.25, 0.3) is 0 Å². The lowest BCUT2D eigenvalue weighted by atomic mass is 10.2. The summed E-state index contributed by atoms with van der Waals surface area (Å²) in [6.45, 7) is 6.31. The third-order valence-corrected chi connectivity index (χ3v) is 4.15. The number of benzene rings is 1. The van der Waals surface area contributed by atoms with Gasteiger partial charge in [-0.1, -0.05) is 17.7 Å². The molecule has 0 aliphatic carbocycles. The molecule has 1 aliphatic heterocycles. The van der Waals surface area contributed by atoms with Crippen LogP contribution >= 0.6 is 0 Å². The summed E-state index contributed by atoms with van der Waals surface area (Å²) in [6, 6.07) is 9.61. The highest BCUT2D eigenvalue weighted by Crippen LogP contribution is 2.18. The van der Waals surface area contributed by atoms with Gasteiger partial charge < -0.3 is 15.0 Å². The number of aryl methyl sites for hydroxylation is 2. The molecule has 6 nitrogen and oxygen atoms in total. The Hall–Kier alpha value is -2.63. The van der Waals surface area contributed by atoms with E-state index >= 15 is 0 Å². The maximum atomic E-state index is 12.0. The van der Waals surface area contributed by atoms with Crippen LogP contribution in [-0.4, -0.2) is 35.6 Å². The predicted octanol–water partition coefficient (Wildman–Crippen LogP) is 2.39. The van der Waals surface area contributed by atoms with Crippen LogP contribution in [0.2, 0.25) is 0 Å². The molecular weight excluding hydrogens is 316 g/mol. The van der Waals surface area contributed by atoms with E-state index in [9.17, 15) is 4.79 Å². The molecule has 1 aromatic heterocycles. The minimum atomic E-state index is -0.187. The summed E-state index contributed by atoms with van der Waals surface area (Å²) in [5.41, 5.74) is 2.07. The molecule has 1 amide bonds. The van der Waals surface area contributed by atoms with Gasteiger partial charge in [-0.3, -0.25) is 4.79 Å². The van der Waals surface area contributed by atoms with Gasteiger partial charge in [-0.25, -0.2) is 9.97 Å². The molecule has 0 radical (unpaired) electrons. The van der Waals surface area contributed by atoms with Crippen molar-refractivity contribution in [3.8, 4) is 5.75 Å². The van der Waals surface area contributed by atoms with Crippen molar-refractivity contribution in [1.29, 1.82) is 0 Å². The van der Waals surface area contributed by atoms with Crippen LogP contribution < -0.4 is 15.0 Å². The van der Waals surface area contributed by atoms with Gasteiger partial charge in [0.2, 0.25) is 0 Å². The molecule has 0 saturated carbocycles. The first-order valence-electron chi connectivity index (χ1n) is 8.66. The van der Waals surface area contributed by atoms with E-state index in [0.717, 1.165) is 30.2 Å². The first-order valence-corrected chi connectivity index (χ1v) is 8.66. The van der Waals surface area contributed by atoms with Gasteiger partial charge in [-0.2, -0.15) is 0 Å². The molecule has 2 heterocycles. The van der Waals surface area contributed by atoms with E-state index in [2.05, 4.69) is 20.2 Å². The van der Waals surface area contributed by atoms with Crippen molar-refractivity contribution >= 4 is 11.7 Å². The van der Waals surface area contributed by atoms with Gasteiger partial charge in [0.15, 0.2) is 6.61 Å². The summed E-state index contributed by atoms with van der Waals surface area (Å²) < 4.78 is 5.48. The van der Waals surface area contributed by atoms with Crippen LogP contribution in [0, 0.1) is 13.8 Å². The number of amides is 1.